The molecular formula is C13H17N3O2. The van der Waals surface area contributed by atoms with Crippen LogP contribution < -0.4 is 0 Å². The summed E-state index contributed by atoms with van der Waals surface area (Å²) in [5.74, 6) is -0.000527. The number of pyridine rings is 1. The first-order chi connectivity index (χ1) is 8.35. The van der Waals surface area contributed by atoms with E-state index in [-0.39, 0.29) is 11.8 Å². The molecule has 0 bridgehead atoms. The lowest BCUT2D eigenvalue weighted by atomic mass is 9.85. The smallest absolute Gasteiger partial charge is 0.303 e. The molecule has 0 spiro atoms. The molecule has 0 aromatic carbocycles. The summed E-state index contributed by atoms with van der Waals surface area (Å²) in [4.78, 5) is 22.7. The molecule has 0 unspecified atom stereocenters. The van der Waals surface area contributed by atoms with Gasteiger partial charge in [-0.2, -0.15) is 0 Å². The van der Waals surface area contributed by atoms with Gasteiger partial charge < -0.3 is 10.1 Å². The molecule has 0 amide bonds. The predicted molar refractivity (Wildman–Crippen MR) is 68.4 cm³/mol. The molecular weight excluding hydrogens is 230 g/mol. The molecule has 96 valence electrons. The molecule has 2 N–H and O–H groups in total. The number of aromatic amines is 1. The Morgan fingerprint density at radius 1 is 1.39 bits per heavy atom. The van der Waals surface area contributed by atoms with Crippen LogP contribution in [0.25, 0.3) is 11.2 Å². The summed E-state index contributed by atoms with van der Waals surface area (Å²) in [5.41, 5.74) is 2.18. The van der Waals surface area contributed by atoms with E-state index in [2.05, 4.69) is 15.0 Å². The number of nitrogens with one attached hydrogen (secondary N) is 1. The van der Waals surface area contributed by atoms with Gasteiger partial charge >= 0.3 is 5.97 Å². The quantitative estimate of drug-likeness (QED) is 0.869. The van der Waals surface area contributed by atoms with Crippen molar-refractivity contribution in [1.29, 1.82) is 0 Å². The highest BCUT2D eigenvalue weighted by Crippen LogP contribution is 2.25. The highest BCUT2D eigenvalue weighted by Gasteiger charge is 2.24. The second-order valence-electron chi connectivity index (χ2n) is 5.42. The molecule has 18 heavy (non-hydrogen) atoms. The molecule has 0 saturated heterocycles. The second kappa shape index (κ2) is 4.40. The minimum atomic E-state index is -0.787. The van der Waals surface area contributed by atoms with Crippen molar-refractivity contribution in [2.24, 2.45) is 5.41 Å². The average Bonchev–Trinajstić information content (AvgIpc) is 2.55. The number of hydrogen-bond donors (Lipinski definition) is 2. The normalized spacial score (nSPS) is 11.9. The van der Waals surface area contributed by atoms with Gasteiger partial charge in [-0.3, -0.25) is 4.79 Å². The fourth-order valence-electron chi connectivity index (χ4n) is 2.05. The number of H-pyrrole nitrogens is 1. The summed E-state index contributed by atoms with van der Waals surface area (Å²) in [5, 5.41) is 8.86. The molecule has 0 aliphatic carbocycles. The molecule has 0 aliphatic rings. The van der Waals surface area contributed by atoms with E-state index in [0.29, 0.717) is 12.1 Å². The van der Waals surface area contributed by atoms with Crippen LogP contribution >= 0.6 is 0 Å². The zero-order valence-electron chi connectivity index (χ0n) is 10.8. The first kappa shape index (κ1) is 12.5. The molecule has 0 aliphatic heterocycles. The number of fused-ring (bicyclic) bond motifs is 1. The van der Waals surface area contributed by atoms with Crippen molar-refractivity contribution < 1.29 is 9.90 Å². The van der Waals surface area contributed by atoms with Gasteiger partial charge in [0.25, 0.3) is 0 Å². The molecule has 2 heterocycles. The molecule has 2 rings (SSSR count). The number of hydrogen-bond acceptors (Lipinski definition) is 3. The number of carboxylic acids is 1. The number of aliphatic carboxylic acids is 1. The number of imidazole rings is 1. The van der Waals surface area contributed by atoms with Crippen molar-refractivity contribution in [3.8, 4) is 0 Å². The third-order valence-electron chi connectivity index (χ3n) is 2.81. The zero-order valence-corrected chi connectivity index (χ0v) is 10.8. The van der Waals surface area contributed by atoms with Crippen LogP contribution in [0.1, 0.15) is 31.8 Å². The number of carbonyl (C=O) groups is 1. The molecule has 0 saturated carbocycles. The van der Waals surface area contributed by atoms with Gasteiger partial charge in [-0.1, -0.05) is 13.8 Å². The summed E-state index contributed by atoms with van der Waals surface area (Å²) in [6.07, 6.45) is 0.714. The lowest BCUT2D eigenvalue weighted by molar-refractivity contribution is -0.139. The van der Waals surface area contributed by atoms with Crippen LogP contribution in [-0.2, 0) is 11.2 Å². The Labute approximate surface area is 105 Å². The Bertz CT molecular complexity index is 587. The Hall–Kier alpha value is -1.91. The fourth-order valence-corrected chi connectivity index (χ4v) is 2.05. The summed E-state index contributed by atoms with van der Waals surface area (Å²) >= 11 is 0. The molecule has 2 aromatic heterocycles. The fraction of sp³-hybridized carbons (Fsp3) is 0.462. The van der Waals surface area contributed by atoms with Crippen LogP contribution in [0, 0.1) is 12.3 Å². The molecule has 0 fully saturated rings. The molecule has 5 nitrogen and oxygen atoms in total. The van der Waals surface area contributed by atoms with Gasteiger partial charge in [-0.05, 0) is 24.5 Å². The minimum absolute atomic E-state index is 0.122. The van der Waals surface area contributed by atoms with E-state index in [0.717, 1.165) is 17.0 Å². The lowest BCUT2D eigenvalue weighted by Crippen LogP contribution is -2.20. The maximum Gasteiger partial charge on any atom is 0.303 e. The van der Waals surface area contributed by atoms with Crippen molar-refractivity contribution in [3.63, 3.8) is 0 Å². The first-order valence-corrected chi connectivity index (χ1v) is 5.90. The molecule has 0 radical (unpaired) electrons. The topological polar surface area (TPSA) is 78.9 Å². The Balaban J connectivity index is 2.24. The van der Waals surface area contributed by atoms with Crippen LogP contribution in [0.5, 0.6) is 0 Å². The standard InChI is InChI=1S/C13H17N3O2/c1-8-4-5-9-12(14-8)16-10(15-9)6-13(2,3)7-11(17)18/h4-5H,6-7H2,1-3H3,(H,17,18)(H,14,15,16). The van der Waals surface area contributed by atoms with E-state index in [1.54, 1.807) is 0 Å². The van der Waals surface area contributed by atoms with Crippen LogP contribution in [0.3, 0.4) is 0 Å². The third kappa shape index (κ3) is 2.85. The predicted octanol–water partition coefficient (Wildman–Crippen LogP) is 2.31. The number of carboxylic acid groups (broad SMARTS) is 1. The zero-order chi connectivity index (χ0) is 13.3. The van der Waals surface area contributed by atoms with Crippen LogP contribution in [0.2, 0.25) is 0 Å². The highest BCUT2D eigenvalue weighted by molar-refractivity contribution is 5.70. The van der Waals surface area contributed by atoms with E-state index >= 15 is 0 Å². The van der Waals surface area contributed by atoms with E-state index < -0.39 is 5.97 Å². The summed E-state index contributed by atoms with van der Waals surface area (Å²) in [6, 6.07) is 3.87. The summed E-state index contributed by atoms with van der Waals surface area (Å²) < 4.78 is 0. The van der Waals surface area contributed by atoms with Crippen LogP contribution in [-0.4, -0.2) is 26.0 Å². The monoisotopic (exact) mass is 247 g/mol. The second-order valence-corrected chi connectivity index (χ2v) is 5.42. The van der Waals surface area contributed by atoms with Gasteiger partial charge in [0, 0.05) is 12.1 Å². The summed E-state index contributed by atoms with van der Waals surface area (Å²) in [7, 11) is 0. The van der Waals surface area contributed by atoms with Crippen molar-refractivity contribution >= 4 is 17.1 Å². The Kier molecular flexibility index (Phi) is 3.07. The molecule has 5 heteroatoms. The van der Waals surface area contributed by atoms with Crippen LogP contribution in [0.15, 0.2) is 12.1 Å². The van der Waals surface area contributed by atoms with Gasteiger partial charge in [-0.15, -0.1) is 0 Å². The van der Waals surface area contributed by atoms with Crippen molar-refractivity contribution in [3.05, 3.63) is 23.7 Å². The van der Waals surface area contributed by atoms with Crippen molar-refractivity contribution in [2.45, 2.75) is 33.6 Å². The van der Waals surface area contributed by atoms with Crippen LogP contribution in [0.4, 0.5) is 0 Å². The maximum atomic E-state index is 10.8. The minimum Gasteiger partial charge on any atom is -0.481 e. The van der Waals surface area contributed by atoms with Crippen molar-refractivity contribution in [2.75, 3.05) is 0 Å². The van der Waals surface area contributed by atoms with E-state index in [1.807, 2.05) is 32.9 Å². The highest BCUT2D eigenvalue weighted by atomic mass is 16.4. The average molecular weight is 247 g/mol. The third-order valence-corrected chi connectivity index (χ3v) is 2.81. The van der Waals surface area contributed by atoms with Gasteiger partial charge in [0.05, 0.1) is 11.9 Å². The molecule has 0 atom stereocenters. The largest absolute Gasteiger partial charge is 0.481 e. The van der Waals surface area contributed by atoms with Crippen molar-refractivity contribution in [1.82, 2.24) is 15.0 Å². The lowest BCUT2D eigenvalue weighted by Gasteiger charge is -2.20. The first-order valence-electron chi connectivity index (χ1n) is 5.90. The number of rotatable bonds is 4. The maximum absolute atomic E-state index is 10.8. The van der Waals surface area contributed by atoms with E-state index in [1.165, 1.54) is 0 Å². The summed E-state index contributed by atoms with van der Waals surface area (Å²) in [6.45, 7) is 5.77. The number of aryl methyl sites for hydroxylation is 1. The van der Waals surface area contributed by atoms with E-state index in [4.69, 9.17) is 5.11 Å². The Morgan fingerprint density at radius 2 is 2.11 bits per heavy atom. The molecule has 2 aromatic rings. The number of aromatic nitrogens is 3. The number of nitrogens with zero attached hydrogens (tertiary/aromatic N) is 2. The van der Waals surface area contributed by atoms with Gasteiger partial charge in [-0.25, -0.2) is 9.97 Å². The van der Waals surface area contributed by atoms with Gasteiger partial charge in [0.2, 0.25) is 0 Å². The van der Waals surface area contributed by atoms with Gasteiger partial charge in [0.15, 0.2) is 5.65 Å². The SMILES string of the molecule is Cc1ccc2[nH]c(CC(C)(C)CC(=O)O)nc2n1. The van der Waals surface area contributed by atoms with E-state index in [9.17, 15) is 4.79 Å². The Morgan fingerprint density at radius 3 is 2.78 bits per heavy atom. The van der Waals surface area contributed by atoms with Gasteiger partial charge in [0.1, 0.15) is 5.82 Å².